The van der Waals surface area contributed by atoms with Crippen molar-refractivity contribution in [3.05, 3.63) is 0 Å². The summed E-state index contributed by atoms with van der Waals surface area (Å²) < 4.78 is 251. The van der Waals surface area contributed by atoms with Gasteiger partial charge in [-0.1, -0.05) is 0 Å². The van der Waals surface area contributed by atoms with Crippen LogP contribution in [0.5, 0.6) is 0 Å². The summed E-state index contributed by atoms with van der Waals surface area (Å²) in [5.74, 6) is -48.3. The molecule has 0 bridgehead atoms. The molecule has 0 aliphatic carbocycles. The van der Waals surface area contributed by atoms with Crippen LogP contribution in [0.3, 0.4) is 0 Å². The Hall–Kier alpha value is -0.683. The number of hydrogen-bond acceptors (Lipinski definition) is 3. The molecule has 0 saturated heterocycles. The molecule has 22 heteroatoms. The molecular formula is C12H8F17LiO3S. The third-order valence-corrected chi connectivity index (χ3v) is 4.80. The summed E-state index contributed by atoms with van der Waals surface area (Å²) in [6.45, 7) is 0. The Kier molecular flexibility index (Phi) is 10.1. The van der Waals surface area contributed by atoms with Crippen LogP contribution >= 0.6 is 0 Å². The number of alkyl halides is 17. The average Bonchev–Trinajstić information content (AvgIpc) is 2.55. The van der Waals surface area contributed by atoms with E-state index in [0.29, 0.717) is 0 Å². The van der Waals surface area contributed by atoms with E-state index in [0.717, 1.165) is 0 Å². The Morgan fingerprint density at radius 1 is 0.500 bits per heavy atom. The van der Waals surface area contributed by atoms with Gasteiger partial charge in [0.1, 0.15) is 0 Å². The van der Waals surface area contributed by atoms with E-state index < -0.39 is 82.8 Å². The molecule has 0 radical (unpaired) electrons. The molecule has 0 saturated carbocycles. The quantitative estimate of drug-likeness (QED) is 0.169. The maximum Gasteiger partial charge on any atom is 1.00 e. The molecule has 0 heterocycles. The number of rotatable bonds is 11. The molecule has 0 aliphatic heterocycles. The van der Waals surface area contributed by atoms with Crippen molar-refractivity contribution in [1.29, 1.82) is 0 Å². The van der Waals surface area contributed by atoms with E-state index in [1.807, 2.05) is 0 Å². The Labute approximate surface area is 189 Å². The van der Waals surface area contributed by atoms with Crippen molar-refractivity contribution < 1.29 is 106 Å². The second kappa shape index (κ2) is 9.65. The molecule has 0 rings (SSSR count). The van der Waals surface area contributed by atoms with Crippen molar-refractivity contribution in [3.8, 4) is 0 Å². The molecule has 0 aromatic rings. The molecule has 0 aromatic heterocycles. The first-order chi connectivity index (χ1) is 14.0. The molecule has 3 nitrogen and oxygen atoms in total. The predicted octanol–water partition coefficient (Wildman–Crippen LogP) is 3.06. The van der Waals surface area contributed by atoms with Crippen molar-refractivity contribution in [3.63, 3.8) is 0 Å². The third-order valence-electron chi connectivity index (χ3n) is 3.92. The Balaban J connectivity index is 0. The van der Waals surface area contributed by atoms with Gasteiger partial charge in [0.25, 0.3) is 0 Å². The monoisotopic (exact) mass is 562 g/mol. The van der Waals surface area contributed by atoms with E-state index in [2.05, 4.69) is 0 Å². The van der Waals surface area contributed by atoms with Crippen molar-refractivity contribution in [2.75, 3.05) is 0 Å². The molecule has 0 N–H and O–H groups in total. The zero-order valence-corrected chi connectivity index (χ0v) is 16.7. The van der Waals surface area contributed by atoms with Crippen LogP contribution in [-0.4, -0.2) is 59.9 Å². The van der Waals surface area contributed by atoms with E-state index >= 15 is 0 Å². The summed E-state index contributed by atoms with van der Waals surface area (Å²) in [7, 11) is -8.06. The predicted molar refractivity (Wildman–Crippen MR) is 68.8 cm³/mol. The molecule has 34 heavy (non-hydrogen) atoms. The topological polar surface area (TPSA) is 57.2 Å². The minimum atomic E-state index is -8.59. The maximum atomic E-state index is 13.4. The van der Waals surface area contributed by atoms with E-state index in [1.165, 1.54) is 0 Å². The van der Waals surface area contributed by atoms with Gasteiger partial charge in [-0.05, 0) is 12.8 Å². The summed E-state index contributed by atoms with van der Waals surface area (Å²) in [4.78, 5) is 0. The van der Waals surface area contributed by atoms with Gasteiger partial charge in [0.05, 0.1) is 0 Å². The number of halogens is 17. The minimum absolute atomic E-state index is 0. The van der Waals surface area contributed by atoms with Gasteiger partial charge in [-0.3, -0.25) is 0 Å². The summed E-state index contributed by atoms with van der Waals surface area (Å²) in [6.07, 6.45) is -13.2. The van der Waals surface area contributed by atoms with Crippen LogP contribution in [0.4, 0.5) is 74.6 Å². The summed E-state index contributed by atoms with van der Waals surface area (Å²) in [6, 6.07) is 0. The fourth-order valence-electron chi connectivity index (χ4n) is 1.99. The van der Waals surface area contributed by atoms with Crippen LogP contribution in [0.15, 0.2) is 0 Å². The fraction of sp³-hybridized carbons (Fsp3) is 1.00. The van der Waals surface area contributed by atoms with Crippen LogP contribution in [0.2, 0.25) is 0 Å². The van der Waals surface area contributed by atoms with Crippen molar-refractivity contribution in [1.82, 2.24) is 0 Å². The normalized spacial score (nSPS) is 15.8. The van der Waals surface area contributed by atoms with Gasteiger partial charge in [-0.2, -0.15) is 74.6 Å². The van der Waals surface area contributed by atoms with Gasteiger partial charge >= 0.3 is 65.8 Å². The van der Waals surface area contributed by atoms with Gasteiger partial charge in [0, 0.05) is 12.8 Å². The molecular weight excluding hydrogens is 554 g/mol. The third kappa shape index (κ3) is 5.66. The van der Waals surface area contributed by atoms with Crippen LogP contribution < -0.4 is 18.9 Å². The van der Waals surface area contributed by atoms with Gasteiger partial charge in [-0.25, -0.2) is 8.42 Å². The van der Waals surface area contributed by atoms with Crippen LogP contribution in [0, 0.1) is 0 Å². The largest absolute Gasteiger partial charge is 1.00 e. The summed E-state index contributed by atoms with van der Waals surface area (Å²) >= 11 is 0. The standard InChI is InChI=1S/C12H9F17O3S.Li/c13-5(14,3-1-2-4-6(15,16)17)7(18,19)8(20,21)9(22,23)10(24,25)11(26,27)12(28,29)33(30,31)32;/h1-4H2,(H,30,31,32);/q;+1/p-1. The first-order valence-electron chi connectivity index (χ1n) is 7.62. The van der Waals surface area contributed by atoms with Crippen molar-refractivity contribution >= 4 is 10.1 Å². The first kappa shape index (κ1) is 35.5. The molecule has 0 unspecified atom stereocenters. The van der Waals surface area contributed by atoms with Crippen LogP contribution in [-0.2, 0) is 10.1 Å². The van der Waals surface area contributed by atoms with E-state index in [9.17, 15) is 87.6 Å². The van der Waals surface area contributed by atoms with Gasteiger partial charge in [0.2, 0.25) is 0 Å². The molecule has 0 fully saturated rings. The van der Waals surface area contributed by atoms with Gasteiger partial charge in [0.15, 0.2) is 10.1 Å². The maximum absolute atomic E-state index is 13.4. The minimum Gasteiger partial charge on any atom is -0.743 e. The van der Waals surface area contributed by atoms with Crippen molar-refractivity contribution in [2.24, 2.45) is 0 Å². The molecule has 0 amide bonds. The second-order valence-corrected chi connectivity index (χ2v) is 7.79. The second-order valence-electron chi connectivity index (χ2n) is 6.37. The molecule has 0 aromatic carbocycles. The molecule has 0 atom stereocenters. The summed E-state index contributed by atoms with van der Waals surface area (Å²) in [5.41, 5.74) is 0. The fourth-order valence-corrected chi connectivity index (χ4v) is 2.43. The first-order valence-corrected chi connectivity index (χ1v) is 9.03. The van der Waals surface area contributed by atoms with E-state index in [4.69, 9.17) is 0 Å². The van der Waals surface area contributed by atoms with Crippen molar-refractivity contribution in [2.45, 2.75) is 72.6 Å². The number of unbranched alkanes of at least 4 members (excludes halogenated alkanes) is 1. The zero-order valence-electron chi connectivity index (χ0n) is 15.9. The molecule has 200 valence electrons. The van der Waals surface area contributed by atoms with E-state index in [-0.39, 0.29) is 18.9 Å². The van der Waals surface area contributed by atoms with Crippen LogP contribution in [0.1, 0.15) is 25.7 Å². The zero-order chi connectivity index (χ0) is 27.3. The average molecular weight is 562 g/mol. The molecule has 0 spiro atoms. The van der Waals surface area contributed by atoms with Crippen LogP contribution in [0.25, 0.3) is 0 Å². The van der Waals surface area contributed by atoms with Gasteiger partial charge < -0.3 is 4.55 Å². The Morgan fingerprint density at radius 2 is 0.794 bits per heavy atom. The Morgan fingerprint density at radius 3 is 1.12 bits per heavy atom. The SMILES string of the molecule is O=S(=O)([O-])C(F)(F)C(F)(F)C(F)(F)C(F)(F)C(F)(F)C(F)(F)C(F)(F)CCCCC(F)(F)F.[Li+]. The Bertz CT molecular complexity index is 805. The molecule has 0 aliphatic rings. The summed E-state index contributed by atoms with van der Waals surface area (Å²) in [5, 5.41) is -7.83. The smallest absolute Gasteiger partial charge is 0.743 e. The van der Waals surface area contributed by atoms with Gasteiger partial charge in [-0.15, -0.1) is 0 Å². The van der Waals surface area contributed by atoms with E-state index in [1.54, 1.807) is 0 Å². The number of hydrogen-bond donors (Lipinski definition) is 0.